The Morgan fingerprint density at radius 3 is 1.96 bits per heavy atom. The Morgan fingerprint density at radius 2 is 1.46 bits per heavy atom. The van der Waals surface area contributed by atoms with Gasteiger partial charge in [0.1, 0.15) is 0 Å². The van der Waals surface area contributed by atoms with Gasteiger partial charge in [0, 0.05) is 13.0 Å². The van der Waals surface area contributed by atoms with Crippen LogP contribution in [0.5, 0.6) is 0 Å². The minimum Gasteiger partial charge on any atom is -0.391 e. The summed E-state index contributed by atoms with van der Waals surface area (Å²) in [5.74, 6) is -0.355. The van der Waals surface area contributed by atoms with Gasteiger partial charge in [-0.3, -0.25) is 4.79 Å². The molecule has 28 heavy (non-hydrogen) atoms. The van der Waals surface area contributed by atoms with Crippen LogP contribution >= 0.6 is 0 Å². The van der Waals surface area contributed by atoms with Crippen molar-refractivity contribution in [1.82, 2.24) is 5.32 Å². The lowest BCUT2D eigenvalue weighted by Gasteiger charge is -2.09. The molecule has 166 valence electrons. The van der Waals surface area contributed by atoms with Crippen molar-refractivity contribution >= 4 is 12.6 Å². The molecule has 0 unspecified atom stereocenters. The van der Waals surface area contributed by atoms with E-state index < -0.39 is 0 Å². The predicted molar refractivity (Wildman–Crippen MR) is 113 cm³/mol. The van der Waals surface area contributed by atoms with Gasteiger partial charge in [-0.15, -0.1) is 0 Å². The maximum Gasteiger partial charge on any atom is 0.219 e. The summed E-state index contributed by atoms with van der Waals surface area (Å²) in [6, 6.07) is 0. The third-order valence-electron chi connectivity index (χ3n) is 3.58. The summed E-state index contributed by atoms with van der Waals surface area (Å²) < 4.78 is 21.6. The first kappa shape index (κ1) is 28.7. The number of nitrogens with one attached hydrogen (secondary N) is 2. The van der Waals surface area contributed by atoms with Gasteiger partial charge in [0.15, 0.2) is 0 Å². The highest BCUT2D eigenvalue weighted by Crippen LogP contribution is 2.00. The molecule has 0 radical (unpaired) electrons. The van der Waals surface area contributed by atoms with Gasteiger partial charge in [-0.05, 0) is 31.3 Å². The molecule has 0 spiro atoms. The van der Waals surface area contributed by atoms with Crippen molar-refractivity contribution in [2.24, 2.45) is 5.73 Å². The van der Waals surface area contributed by atoms with E-state index in [0.717, 1.165) is 13.0 Å². The molecule has 8 heteroatoms. The van der Waals surface area contributed by atoms with Crippen LogP contribution in [0.1, 0.15) is 46.0 Å². The number of rotatable bonds is 20. The Bertz CT molecular complexity index is 368. The number of nitrogens with two attached hydrogens (primary N) is 1. The summed E-state index contributed by atoms with van der Waals surface area (Å²) in [4.78, 5) is 10.5. The average Bonchev–Trinajstić information content (AvgIpc) is 2.71. The Morgan fingerprint density at radius 1 is 0.929 bits per heavy atom. The summed E-state index contributed by atoms with van der Waals surface area (Å²) in [6.45, 7) is 12.0. The third kappa shape index (κ3) is 24.5. The molecule has 0 aromatic heterocycles. The van der Waals surface area contributed by atoms with Crippen LogP contribution in [0.15, 0.2) is 11.8 Å². The van der Waals surface area contributed by atoms with E-state index >= 15 is 0 Å². The zero-order valence-electron chi connectivity index (χ0n) is 17.8. The van der Waals surface area contributed by atoms with Crippen LogP contribution in [-0.2, 0) is 23.7 Å². The van der Waals surface area contributed by atoms with E-state index in [9.17, 15) is 4.79 Å². The van der Waals surface area contributed by atoms with Gasteiger partial charge < -0.3 is 35.4 Å². The van der Waals surface area contributed by atoms with Crippen molar-refractivity contribution < 1.29 is 23.7 Å². The molecule has 1 amide bonds. The smallest absolute Gasteiger partial charge is 0.219 e. The molecule has 0 aromatic rings. The fourth-order valence-electron chi connectivity index (χ4n) is 1.98. The summed E-state index contributed by atoms with van der Waals surface area (Å²) in [6.07, 6.45) is 7.02. The van der Waals surface area contributed by atoms with Crippen LogP contribution < -0.4 is 11.1 Å². The molecule has 0 saturated carbocycles. The van der Waals surface area contributed by atoms with E-state index in [1.807, 2.05) is 0 Å². The van der Waals surface area contributed by atoms with E-state index in [0.29, 0.717) is 52.9 Å². The number of hydrogen-bond acceptors (Lipinski definition) is 7. The number of carbonyl (C=O) groups is 1. The van der Waals surface area contributed by atoms with Crippen molar-refractivity contribution in [3.8, 4) is 0 Å². The zero-order chi connectivity index (χ0) is 21.3. The van der Waals surface area contributed by atoms with Crippen molar-refractivity contribution in [1.29, 1.82) is 5.41 Å². The van der Waals surface area contributed by atoms with Crippen molar-refractivity contribution in [3.05, 3.63) is 11.8 Å². The number of amides is 1. The molecule has 0 atom stereocenters. The number of carbonyl (C=O) groups excluding carboxylic acids is 1. The Kier molecular flexibility index (Phi) is 26.2. The lowest BCUT2D eigenvalue weighted by molar-refractivity contribution is -0.119. The SMILES string of the molecule is C=N.CCCCCN/C=C(\CC)COCCOCCOCCOCCC(N)=O. The Labute approximate surface area is 170 Å². The highest BCUT2D eigenvalue weighted by Gasteiger charge is 1.97. The molecule has 0 bridgehead atoms. The molecule has 0 aromatic carbocycles. The van der Waals surface area contributed by atoms with Crippen LogP contribution in [0.25, 0.3) is 0 Å². The van der Waals surface area contributed by atoms with E-state index in [1.165, 1.54) is 24.8 Å². The third-order valence-corrected chi connectivity index (χ3v) is 3.58. The summed E-state index contributed by atoms with van der Waals surface area (Å²) in [5.41, 5.74) is 6.27. The van der Waals surface area contributed by atoms with Crippen LogP contribution in [0, 0.1) is 5.41 Å². The van der Waals surface area contributed by atoms with E-state index in [2.05, 4.69) is 32.1 Å². The lowest BCUT2D eigenvalue weighted by Crippen LogP contribution is -2.15. The van der Waals surface area contributed by atoms with E-state index in [4.69, 9.17) is 30.1 Å². The molecular weight excluding hydrogens is 362 g/mol. The lowest BCUT2D eigenvalue weighted by atomic mass is 10.2. The highest BCUT2D eigenvalue weighted by molar-refractivity contribution is 5.73. The second-order valence-corrected chi connectivity index (χ2v) is 5.92. The van der Waals surface area contributed by atoms with Crippen LogP contribution in [-0.4, -0.2) is 72.0 Å². The van der Waals surface area contributed by atoms with Crippen LogP contribution in [0.2, 0.25) is 0 Å². The number of hydrogen-bond donors (Lipinski definition) is 3. The molecule has 0 heterocycles. The largest absolute Gasteiger partial charge is 0.391 e. The van der Waals surface area contributed by atoms with Crippen molar-refractivity contribution in [3.63, 3.8) is 0 Å². The second kappa shape index (κ2) is 25.5. The second-order valence-electron chi connectivity index (χ2n) is 5.92. The van der Waals surface area contributed by atoms with Gasteiger partial charge in [0.2, 0.25) is 5.91 Å². The summed E-state index contributed by atoms with van der Waals surface area (Å²) in [7, 11) is 0. The highest BCUT2D eigenvalue weighted by atomic mass is 16.6. The van der Waals surface area contributed by atoms with E-state index in [-0.39, 0.29) is 12.3 Å². The predicted octanol–water partition coefficient (Wildman–Crippen LogP) is 2.27. The van der Waals surface area contributed by atoms with E-state index in [1.54, 1.807) is 0 Å². The Balaban J connectivity index is 0. The monoisotopic (exact) mass is 403 g/mol. The molecule has 0 aliphatic heterocycles. The maximum absolute atomic E-state index is 10.5. The minimum atomic E-state index is -0.355. The quantitative estimate of drug-likeness (QED) is 0.212. The molecule has 0 saturated heterocycles. The average molecular weight is 404 g/mol. The van der Waals surface area contributed by atoms with Gasteiger partial charge in [-0.25, -0.2) is 0 Å². The van der Waals surface area contributed by atoms with Crippen molar-refractivity contribution in [2.75, 3.05) is 59.4 Å². The zero-order valence-corrected chi connectivity index (χ0v) is 17.8. The molecule has 8 nitrogen and oxygen atoms in total. The minimum absolute atomic E-state index is 0.243. The van der Waals surface area contributed by atoms with Crippen LogP contribution in [0.3, 0.4) is 0 Å². The first-order chi connectivity index (χ1) is 13.7. The summed E-state index contributed by atoms with van der Waals surface area (Å²) in [5, 5.41) is 8.85. The summed E-state index contributed by atoms with van der Waals surface area (Å²) >= 11 is 0. The fourth-order valence-corrected chi connectivity index (χ4v) is 1.98. The fraction of sp³-hybridized carbons (Fsp3) is 0.800. The number of primary amides is 1. The molecule has 0 rings (SSSR count). The maximum atomic E-state index is 10.5. The number of ether oxygens (including phenoxy) is 4. The molecule has 4 N–H and O–H groups in total. The molecular formula is C20H41N3O5. The van der Waals surface area contributed by atoms with Gasteiger partial charge >= 0.3 is 0 Å². The Hall–Kier alpha value is -1.48. The first-order valence-corrected chi connectivity index (χ1v) is 10.1. The van der Waals surface area contributed by atoms with Crippen LogP contribution in [0.4, 0.5) is 0 Å². The van der Waals surface area contributed by atoms with Crippen molar-refractivity contribution in [2.45, 2.75) is 46.0 Å². The topological polar surface area (TPSA) is 116 Å². The standard InChI is InChI=1S/C19H38N2O5.CH3N/c1-3-5-6-8-21-16-18(4-2)17-26-15-14-25-13-12-24-11-10-23-9-7-19(20)22;1-2/h16,21H,3-15,17H2,1-2H3,(H2,20,22);2H,1H2/b18-16+;. The normalized spacial score (nSPS) is 11.0. The van der Waals surface area contributed by atoms with Gasteiger partial charge in [-0.1, -0.05) is 26.7 Å². The molecule has 0 fully saturated rings. The van der Waals surface area contributed by atoms with Gasteiger partial charge in [-0.2, -0.15) is 0 Å². The first-order valence-electron chi connectivity index (χ1n) is 10.1. The molecule has 0 aliphatic carbocycles. The van der Waals surface area contributed by atoms with Gasteiger partial charge in [0.05, 0.1) is 52.9 Å². The molecule has 0 aliphatic rings. The number of unbranched alkanes of at least 4 members (excludes halogenated alkanes) is 2. The van der Waals surface area contributed by atoms with Gasteiger partial charge in [0.25, 0.3) is 0 Å².